The van der Waals surface area contributed by atoms with Gasteiger partial charge in [0.05, 0.1) is 4.47 Å². The Morgan fingerprint density at radius 3 is 2.65 bits per heavy atom. The van der Waals surface area contributed by atoms with Crippen LogP contribution < -0.4 is 10.1 Å². The molecule has 5 heteroatoms. The summed E-state index contributed by atoms with van der Waals surface area (Å²) in [5.74, 6) is 0.221. The summed E-state index contributed by atoms with van der Waals surface area (Å²) in [6.45, 7) is 7.98. The first kappa shape index (κ1) is 19.5. The van der Waals surface area contributed by atoms with Crippen LogP contribution in [-0.2, 0) is 4.79 Å². The van der Waals surface area contributed by atoms with Gasteiger partial charge < -0.3 is 10.1 Å². The van der Waals surface area contributed by atoms with Crippen molar-refractivity contribution < 1.29 is 9.53 Å². The summed E-state index contributed by atoms with van der Waals surface area (Å²) in [6.07, 6.45) is 3.20. The van der Waals surface area contributed by atoms with E-state index in [1.165, 1.54) is 0 Å². The number of anilines is 1. The molecule has 0 heterocycles. The minimum absolute atomic E-state index is 0.0230. The third-order valence-corrected chi connectivity index (χ3v) is 4.37. The second-order valence-electron chi connectivity index (χ2n) is 5.71. The number of rotatable bonds is 6. The highest BCUT2D eigenvalue weighted by Gasteiger charge is 2.11. The van der Waals surface area contributed by atoms with E-state index in [4.69, 9.17) is 4.74 Å². The number of halogens is 1. The lowest BCUT2D eigenvalue weighted by Crippen LogP contribution is -2.13. The molecule has 0 radical (unpaired) electrons. The fraction of sp³-hybridized carbons (Fsp3) is 0.143. The Labute approximate surface area is 161 Å². The zero-order valence-electron chi connectivity index (χ0n) is 14.7. The molecule has 0 saturated heterocycles. The largest absolute Gasteiger partial charge is 0.488 e. The molecule has 0 aliphatic carbocycles. The summed E-state index contributed by atoms with van der Waals surface area (Å²) < 4.78 is 6.23. The molecule has 0 unspecified atom stereocenters. The second-order valence-corrected chi connectivity index (χ2v) is 6.57. The summed E-state index contributed by atoms with van der Waals surface area (Å²) in [4.78, 5) is 12.4. The van der Waals surface area contributed by atoms with Crippen LogP contribution >= 0.6 is 15.9 Å². The number of carbonyl (C=O) groups is 1. The third-order valence-electron chi connectivity index (χ3n) is 3.75. The molecule has 0 aliphatic rings. The van der Waals surface area contributed by atoms with Crippen LogP contribution in [0.2, 0.25) is 0 Å². The first-order valence-corrected chi connectivity index (χ1v) is 8.77. The number of carbonyl (C=O) groups excluding carboxylic acids is 1. The normalized spacial score (nSPS) is 10.8. The molecule has 0 atom stereocenters. The van der Waals surface area contributed by atoms with Crippen molar-refractivity contribution in [2.45, 2.75) is 13.8 Å². The van der Waals surface area contributed by atoms with Crippen molar-refractivity contribution in [3.05, 3.63) is 75.8 Å². The average Bonchev–Trinajstić information content (AvgIpc) is 2.62. The van der Waals surface area contributed by atoms with E-state index < -0.39 is 5.91 Å². The maximum atomic E-state index is 12.4. The third kappa shape index (κ3) is 5.08. The highest BCUT2D eigenvalue weighted by Crippen LogP contribution is 2.27. The molecule has 4 nitrogen and oxygen atoms in total. The number of hydrogen-bond donors (Lipinski definition) is 1. The zero-order chi connectivity index (χ0) is 19.1. The van der Waals surface area contributed by atoms with Gasteiger partial charge in [0.2, 0.25) is 0 Å². The number of ether oxygens (including phenoxy) is 1. The van der Waals surface area contributed by atoms with Crippen molar-refractivity contribution in [1.82, 2.24) is 0 Å². The van der Waals surface area contributed by atoms with E-state index in [1.807, 2.05) is 38.1 Å². The average molecular weight is 411 g/mol. The minimum atomic E-state index is -0.446. The van der Waals surface area contributed by atoms with E-state index >= 15 is 0 Å². The van der Waals surface area contributed by atoms with Crippen molar-refractivity contribution in [2.75, 3.05) is 11.9 Å². The van der Waals surface area contributed by atoms with E-state index in [1.54, 1.807) is 30.4 Å². The number of nitrogens with zero attached hydrogens (tertiary/aromatic N) is 1. The molecule has 0 fully saturated rings. The lowest BCUT2D eigenvalue weighted by atomic mass is 10.1. The fourth-order valence-corrected chi connectivity index (χ4v) is 2.72. The molecular weight excluding hydrogens is 392 g/mol. The number of benzene rings is 2. The Balaban J connectivity index is 2.19. The number of nitriles is 1. The fourth-order valence-electron chi connectivity index (χ4n) is 2.21. The van der Waals surface area contributed by atoms with Gasteiger partial charge in [0.1, 0.15) is 24.0 Å². The zero-order valence-corrected chi connectivity index (χ0v) is 16.3. The Morgan fingerprint density at radius 1 is 1.27 bits per heavy atom. The molecule has 0 spiro atoms. The van der Waals surface area contributed by atoms with Crippen molar-refractivity contribution >= 4 is 33.6 Å². The summed E-state index contributed by atoms with van der Waals surface area (Å²) >= 11 is 3.42. The van der Waals surface area contributed by atoms with Gasteiger partial charge >= 0.3 is 0 Å². The maximum absolute atomic E-state index is 12.4. The molecule has 132 valence electrons. The van der Waals surface area contributed by atoms with E-state index in [0.29, 0.717) is 18.0 Å². The maximum Gasteiger partial charge on any atom is 0.266 e. The molecule has 0 saturated carbocycles. The van der Waals surface area contributed by atoms with Crippen LogP contribution in [0.4, 0.5) is 5.69 Å². The second kappa shape index (κ2) is 9.02. The SMILES string of the molecule is C=CCOc1ccc(/C=C(\C#N)C(=O)Nc2ccc(C)c(C)c2)cc1Br. The highest BCUT2D eigenvalue weighted by molar-refractivity contribution is 9.10. The molecule has 0 bridgehead atoms. The van der Waals surface area contributed by atoms with Gasteiger partial charge in [-0.1, -0.05) is 24.8 Å². The molecule has 1 amide bonds. The first-order chi connectivity index (χ1) is 12.4. The van der Waals surface area contributed by atoms with Gasteiger partial charge in [0.25, 0.3) is 5.91 Å². The summed E-state index contributed by atoms with van der Waals surface area (Å²) in [6, 6.07) is 12.9. The van der Waals surface area contributed by atoms with Crippen molar-refractivity contribution in [1.29, 1.82) is 5.26 Å². The highest BCUT2D eigenvalue weighted by atomic mass is 79.9. The molecule has 26 heavy (non-hydrogen) atoms. The lowest BCUT2D eigenvalue weighted by Gasteiger charge is -2.08. The molecule has 0 aliphatic heterocycles. The molecule has 2 aromatic rings. The molecule has 2 aromatic carbocycles. The van der Waals surface area contributed by atoms with Crippen LogP contribution in [0.5, 0.6) is 5.75 Å². The Morgan fingerprint density at radius 2 is 2.04 bits per heavy atom. The van der Waals surface area contributed by atoms with E-state index in [-0.39, 0.29) is 5.57 Å². The lowest BCUT2D eigenvalue weighted by molar-refractivity contribution is -0.112. The molecule has 1 N–H and O–H groups in total. The monoisotopic (exact) mass is 410 g/mol. The summed E-state index contributed by atoms with van der Waals surface area (Å²) in [5.41, 5.74) is 3.62. The van der Waals surface area contributed by atoms with Gasteiger partial charge in [-0.2, -0.15) is 5.26 Å². The minimum Gasteiger partial charge on any atom is -0.488 e. The summed E-state index contributed by atoms with van der Waals surface area (Å²) in [5, 5.41) is 12.1. The topological polar surface area (TPSA) is 62.1 Å². The van der Waals surface area contributed by atoms with E-state index in [0.717, 1.165) is 21.2 Å². The first-order valence-electron chi connectivity index (χ1n) is 7.98. The van der Waals surface area contributed by atoms with Gasteiger partial charge in [-0.15, -0.1) is 0 Å². The van der Waals surface area contributed by atoms with Gasteiger partial charge in [0.15, 0.2) is 0 Å². The standard InChI is InChI=1S/C21H19BrN2O2/c1-4-9-26-20-8-6-16(12-19(20)22)11-17(13-23)21(25)24-18-7-5-14(2)15(3)10-18/h4-8,10-12H,1,9H2,2-3H3,(H,24,25)/b17-11+. The van der Waals surface area contributed by atoms with Crippen LogP contribution in [-0.4, -0.2) is 12.5 Å². The summed E-state index contributed by atoms with van der Waals surface area (Å²) in [7, 11) is 0. The Bertz CT molecular complexity index is 911. The quantitative estimate of drug-likeness (QED) is 0.405. The Hall–Kier alpha value is -2.84. The van der Waals surface area contributed by atoms with Gasteiger partial charge in [-0.3, -0.25) is 4.79 Å². The smallest absolute Gasteiger partial charge is 0.266 e. The predicted molar refractivity (Wildman–Crippen MR) is 108 cm³/mol. The van der Waals surface area contributed by atoms with Gasteiger partial charge in [-0.25, -0.2) is 0 Å². The van der Waals surface area contributed by atoms with E-state index in [2.05, 4.69) is 27.8 Å². The molecule has 0 aromatic heterocycles. The van der Waals surface area contributed by atoms with Crippen molar-refractivity contribution in [2.24, 2.45) is 0 Å². The number of aryl methyl sites for hydroxylation is 2. The van der Waals surface area contributed by atoms with Crippen LogP contribution in [0.25, 0.3) is 6.08 Å². The predicted octanol–water partition coefficient (Wildman–Crippen LogP) is 5.18. The van der Waals surface area contributed by atoms with Crippen LogP contribution in [0.3, 0.4) is 0 Å². The van der Waals surface area contributed by atoms with Gasteiger partial charge in [-0.05, 0) is 76.8 Å². The number of amides is 1. The van der Waals surface area contributed by atoms with E-state index in [9.17, 15) is 10.1 Å². The molecular formula is C21H19BrN2O2. The van der Waals surface area contributed by atoms with Crippen LogP contribution in [0, 0.1) is 25.2 Å². The number of nitrogens with one attached hydrogen (secondary N) is 1. The van der Waals surface area contributed by atoms with Crippen LogP contribution in [0.1, 0.15) is 16.7 Å². The van der Waals surface area contributed by atoms with Crippen molar-refractivity contribution in [3.63, 3.8) is 0 Å². The van der Waals surface area contributed by atoms with Gasteiger partial charge in [0, 0.05) is 5.69 Å². The molecule has 2 rings (SSSR count). The van der Waals surface area contributed by atoms with Crippen molar-refractivity contribution in [3.8, 4) is 11.8 Å². The number of hydrogen-bond acceptors (Lipinski definition) is 3. The Kier molecular flexibility index (Phi) is 6.76. The van der Waals surface area contributed by atoms with Crippen LogP contribution in [0.15, 0.2) is 59.1 Å².